The smallest absolute Gasteiger partial charge is 0.276 e. The second-order valence-corrected chi connectivity index (χ2v) is 8.76. The van der Waals surface area contributed by atoms with Crippen LogP contribution in [0.25, 0.3) is 0 Å². The van der Waals surface area contributed by atoms with Gasteiger partial charge in [-0.2, -0.15) is 0 Å². The molecule has 3 heterocycles. The van der Waals surface area contributed by atoms with Gasteiger partial charge in [-0.25, -0.2) is 9.07 Å². The Hall–Kier alpha value is -3.59. The molecule has 2 aromatic carbocycles. The molecule has 1 atom stereocenters. The summed E-state index contributed by atoms with van der Waals surface area (Å²) in [5.74, 6) is -0.628. The molecule has 8 nitrogen and oxygen atoms in total. The van der Waals surface area contributed by atoms with Gasteiger partial charge in [0.2, 0.25) is 5.91 Å². The van der Waals surface area contributed by atoms with Gasteiger partial charge in [0.25, 0.3) is 5.91 Å². The third kappa shape index (κ3) is 4.56. The van der Waals surface area contributed by atoms with Crippen molar-refractivity contribution in [3.63, 3.8) is 0 Å². The minimum absolute atomic E-state index is 0.0747. The molecule has 1 saturated heterocycles. The number of aryl methyl sites for hydroxylation is 1. The van der Waals surface area contributed by atoms with Crippen molar-refractivity contribution in [3.8, 4) is 0 Å². The van der Waals surface area contributed by atoms with E-state index in [1.165, 1.54) is 17.7 Å². The lowest BCUT2D eigenvalue weighted by Crippen LogP contribution is -2.51. The molecule has 9 heteroatoms. The summed E-state index contributed by atoms with van der Waals surface area (Å²) in [6, 6.07) is 14.3. The second-order valence-electron chi connectivity index (χ2n) is 8.76. The summed E-state index contributed by atoms with van der Waals surface area (Å²) in [5.41, 5.74) is 3.88. The highest BCUT2D eigenvalue weighted by Gasteiger charge is 2.32. The van der Waals surface area contributed by atoms with E-state index in [0.29, 0.717) is 49.7 Å². The predicted molar refractivity (Wildman–Crippen MR) is 121 cm³/mol. The summed E-state index contributed by atoms with van der Waals surface area (Å²) < 4.78 is 21.2. The van der Waals surface area contributed by atoms with Crippen LogP contribution in [0.1, 0.15) is 39.0 Å². The van der Waals surface area contributed by atoms with Crippen LogP contribution in [0.15, 0.2) is 48.5 Å². The third-order valence-corrected chi connectivity index (χ3v) is 6.41. The number of hydrogen-bond donors (Lipinski definition) is 0. The number of fused-ring (bicyclic) bond motifs is 1. The fraction of sp³-hybridized carbons (Fsp3) is 0.360. The maximum absolute atomic E-state index is 13.4. The normalized spacial score (nSPS) is 18.0. The molecule has 176 valence electrons. The first-order chi connectivity index (χ1) is 16.5. The highest BCUT2D eigenvalue weighted by atomic mass is 19.1. The molecule has 0 spiro atoms. The molecular formula is C25H26FN5O3. The van der Waals surface area contributed by atoms with E-state index in [1.54, 1.807) is 26.6 Å². The molecule has 0 aliphatic carbocycles. The summed E-state index contributed by atoms with van der Waals surface area (Å²) >= 11 is 0. The lowest BCUT2D eigenvalue weighted by Gasteiger charge is -2.34. The number of ether oxygens (including phenoxy) is 1. The van der Waals surface area contributed by atoms with Crippen molar-refractivity contribution < 1.29 is 18.7 Å². The Labute approximate surface area is 196 Å². The molecule has 0 saturated carbocycles. The van der Waals surface area contributed by atoms with Gasteiger partial charge in [0.15, 0.2) is 5.69 Å². The molecule has 1 fully saturated rings. The number of carbonyl (C=O) groups is 2. The van der Waals surface area contributed by atoms with Gasteiger partial charge in [-0.15, -0.1) is 5.10 Å². The quantitative estimate of drug-likeness (QED) is 0.594. The average Bonchev–Trinajstić information content (AvgIpc) is 3.27. The molecule has 1 unspecified atom stereocenters. The van der Waals surface area contributed by atoms with E-state index in [2.05, 4.69) is 10.3 Å². The van der Waals surface area contributed by atoms with E-state index in [-0.39, 0.29) is 36.8 Å². The molecule has 5 rings (SSSR count). The summed E-state index contributed by atoms with van der Waals surface area (Å²) in [5, 5.41) is 8.37. The molecule has 2 amide bonds. The monoisotopic (exact) mass is 463 g/mol. The van der Waals surface area contributed by atoms with Gasteiger partial charge in [0.05, 0.1) is 25.3 Å². The van der Waals surface area contributed by atoms with E-state index < -0.39 is 0 Å². The zero-order valence-corrected chi connectivity index (χ0v) is 19.0. The molecule has 0 bridgehead atoms. The molecule has 1 aromatic heterocycles. The number of benzene rings is 2. The predicted octanol–water partition coefficient (Wildman–Crippen LogP) is 2.52. The molecule has 0 N–H and O–H groups in total. The van der Waals surface area contributed by atoms with Crippen LogP contribution in [0.5, 0.6) is 0 Å². The van der Waals surface area contributed by atoms with Gasteiger partial charge in [-0.05, 0) is 30.2 Å². The van der Waals surface area contributed by atoms with E-state index in [4.69, 9.17) is 4.74 Å². The van der Waals surface area contributed by atoms with Crippen molar-refractivity contribution >= 4 is 11.8 Å². The molecule has 0 radical (unpaired) electrons. The Kier molecular flexibility index (Phi) is 6.10. The van der Waals surface area contributed by atoms with Gasteiger partial charge in [0.1, 0.15) is 11.9 Å². The van der Waals surface area contributed by atoms with Crippen LogP contribution in [0, 0.1) is 12.7 Å². The number of amides is 2. The lowest BCUT2D eigenvalue weighted by atomic mass is 10.1. The minimum atomic E-state index is -0.355. The van der Waals surface area contributed by atoms with Crippen molar-refractivity contribution in [2.24, 2.45) is 0 Å². The summed E-state index contributed by atoms with van der Waals surface area (Å²) in [6.07, 6.45) is 0.00864. The average molecular weight is 464 g/mol. The van der Waals surface area contributed by atoms with Crippen LogP contribution in [0.3, 0.4) is 0 Å². The first-order valence-electron chi connectivity index (χ1n) is 11.4. The van der Waals surface area contributed by atoms with Crippen LogP contribution in [0.2, 0.25) is 0 Å². The van der Waals surface area contributed by atoms with Crippen LogP contribution >= 0.6 is 0 Å². The Morgan fingerprint density at radius 1 is 1.06 bits per heavy atom. The fourth-order valence-electron chi connectivity index (χ4n) is 4.40. The van der Waals surface area contributed by atoms with E-state index in [1.807, 2.05) is 31.2 Å². The molecular weight excluding hydrogens is 437 g/mol. The standard InChI is InChI=1S/C25H26FN5O3/c1-17-5-7-19(8-6-17)22-15-31-21(16-34-22)24(27-28-31)25(33)30-11-9-29(10-12-30)23(32)14-18-3-2-4-20(26)13-18/h2-8,13,22H,9-12,14-16H2,1H3. The Bertz CT molecular complexity index is 1200. The van der Waals surface area contributed by atoms with Crippen LogP contribution in [-0.4, -0.2) is 62.8 Å². The number of hydrogen-bond acceptors (Lipinski definition) is 5. The van der Waals surface area contributed by atoms with Crippen molar-refractivity contribution in [2.45, 2.75) is 32.6 Å². The van der Waals surface area contributed by atoms with Gasteiger partial charge >= 0.3 is 0 Å². The minimum Gasteiger partial charge on any atom is -0.365 e. The SMILES string of the molecule is Cc1ccc(C2Cn3nnc(C(=O)N4CCN(C(=O)Cc5cccc(F)c5)CC4)c3CO2)cc1. The second kappa shape index (κ2) is 9.34. The van der Waals surface area contributed by atoms with E-state index >= 15 is 0 Å². The maximum atomic E-state index is 13.4. The van der Waals surface area contributed by atoms with Gasteiger partial charge in [-0.1, -0.05) is 47.2 Å². The van der Waals surface area contributed by atoms with Crippen molar-refractivity contribution in [1.29, 1.82) is 0 Å². The van der Waals surface area contributed by atoms with Crippen molar-refractivity contribution in [3.05, 3.63) is 82.4 Å². The number of carbonyl (C=O) groups excluding carboxylic acids is 2. The van der Waals surface area contributed by atoms with Crippen LogP contribution in [-0.2, 0) is 29.1 Å². The molecule has 3 aromatic rings. The highest BCUT2D eigenvalue weighted by molar-refractivity contribution is 5.93. The largest absolute Gasteiger partial charge is 0.365 e. The number of nitrogens with zero attached hydrogens (tertiary/aromatic N) is 5. The number of piperazine rings is 1. The molecule has 2 aliphatic heterocycles. The zero-order chi connectivity index (χ0) is 23.7. The number of rotatable bonds is 4. The van der Waals surface area contributed by atoms with Crippen molar-refractivity contribution in [1.82, 2.24) is 24.8 Å². The summed E-state index contributed by atoms with van der Waals surface area (Å²) in [4.78, 5) is 29.1. The van der Waals surface area contributed by atoms with Gasteiger partial charge in [0, 0.05) is 26.2 Å². The van der Waals surface area contributed by atoms with Gasteiger partial charge in [-0.3, -0.25) is 9.59 Å². The highest BCUT2D eigenvalue weighted by Crippen LogP contribution is 2.27. The molecule has 34 heavy (non-hydrogen) atoms. The number of aromatic nitrogens is 3. The Balaban J connectivity index is 1.19. The summed E-state index contributed by atoms with van der Waals surface area (Å²) in [6.45, 7) is 4.48. The van der Waals surface area contributed by atoms with Crippen molar-refractivity contribution in [2.75, 3.05) is 26.2 Å². The zero-order valence-electron chi connectivity index (χ0n) is 19.0. The van der Waals surface area contributed by atoms with Crippen LogP contribution < -0.4 is 0 Å². The fourth-order valence-corrected chi connectivity index (χ4v) is 4.40. The first-order valence-corrected chi connectivity index (χ1v) is 11.4. The first kappa shape index (κ1) is 22.2. The lowest BCUT2D eigenvalue weighted by molar-refractivity contribution is -0.131. The van der Waals surface area contributed by atoms with Crippen LogP contribution in [0.4, 0.5) is 4.39 Å². The topological polar surface area (TPSA) is 80.6 Å². The number of halogens is 1. The third-order valence-electron chi connectivity index (χ3n) is 6.41. The van der Waals surface area contributed by atoms with Gasteiger partial charge < -0.3 is 14.5 Å². The summed E-state index contributed by atoms with van der Waals surface area (Å²) in [7, 11) is 0. The maximum Gasteiger partial charge on any atom is 0.276 e. The Morgan fingerprint density at radius 2 is 1.79 bits per heavy atom. The van der Waals surface area contributed by atoms with E-state index in [9.17, 15) is 14.0 Å². The Morgan fingerprint density at radius 3 is 2.53 bits per heavy atom. The van der Waals surface area contributed by atoms with E-state index in [0.717, 1.165) is 5.56 Å². The molecule has 2 aliphatic rings.